The van der Waals surface area contributed by atoms with E-state index in [-0.39, 0.29) is 5.91 Å². The third-order valence-electron chi connectivity index (χ3n) is 7.71. The molecule has 0 unspecified atom stereocenters. The number of rotatable bonds is 5. The molecule has 3 aliphatic heterocycles. The van der Waals surface area contributed by atoms with Crippen LogP contribution < -0.4 is 9.80 Å². The van der Waals surface area contributed by atoms with Crippen LogP contribution in [0.5, 0.6) is 0 Å². The highest BCUT2D eigenvalue weighted by molar-refractivity contribution is 6.10. The molecule has 8 heteroatoms. The molecule has 6 rings (SSSR count). The molecule has 0 aliphatic carbocycles. The minimum Gasteiger partial charge on any atom is -0.354 e. The third-order valence-corrected chi connectivity index (χ3v) is 7.71. The Hall–Kier alpha value is -3.29. The number of carbonyl (C=O) groups is 1. The van der Waals surface area contributed by atoms with E-state index >= 15 is 0 Å². The zero-order valence-electron chi connectivity index (χ0n) is 20.2. The summed E-state index contributed by atoms with van der Waals surface area (Å²) in [4.78, 5) is 27.6. The first-order chi connectivity index (χ1) is 16.6. The largest absolute Gasteiger partial charge is 0.354 e. The lowest BCUT2D eigenvalue weighted by Crippen LogP contribution is -2.28. The lowest BCUT2D eigenvalue weighted by molar-refractivity contribution is 0.0996. The van der Waals surface area contributed by atoms with Gasteiger partial charge in [-0.2, -0.15) is 0 Å². The average Bonchev–Trinajstić information content (AvgIpc) is 3.63. The Labute approximate surface area is 200 Å². The van der Waals surface area contributed by atoms with E-state index in [2.05, 4.69) is 40.4 Å². The number of anilines is 2. The Morgan fingerprint density at radius 2 is 1.97 bits per heavy atom. The molecule has 176 valence electrons. The van der Waals surface area contributed by atoms with Gasteiger partial charge in [-0.1, -0.05) is 19.9 Å². The Morgan fingerprint density at radius 1 is 1.09 bits per heavy atom. The lowest BCUT2D eigenvalue weighted by atomic mass is 10.1. The van der Waals surface area contributed by atoms with Crippen LogP contribution in [0.2, 0.25) is 0 Å². The van der Waals surface area contributed by atoms with Gasteiger partial charge in [0.05, 0.1) is 12.1 Å². The van der Waals surface area contributed by atoms with E-state index in [0.717, 1.165) is 72.2 Å². The number of amides is 1. The van der Waals surface area contributed by atoms with Crippen LogP contribution in [0.25, 0.3) is 11.5 Å². The molecule has 3 aliphatic rings. The number of aryl methyl sites for hydroxylation is 2. The van der Waals surface area contributed by atoms with Crippen LogP contribution in [0.1, 0.15) is 79.9 Å². The molecule has 1 fully saturated rings. The van der Waals surface area contributed by atoms with Crippen molar-refractivity contribution in [2.45, 2.75) is 77.9 Å². The van der Waals surface area contributed by atoms with Gasteiger partial charge in [-0.05, 0) is 57.2 Å². The fourth-order valence-electron chi connectivity index (χ4n) is 5.81. The highest BCUT2D eigenvalue weighted by Crippen LogP contribution is 2.36. The quantitative estimate of drug-likeness (QED) is 0.567. The summed E-state index contributed by atoms with van der Waals surface area (Å²) in [6.45, 7) is 8.05. The van der Waals surface area contributed by atoms with Crippen molar-refractivity contribution in [3.63, 3.8) is 0 Å². The maximum absolute atomic E-state index is 13.6. The standard InChI is InChI=1S/C26H31N7O/c1-4-17-11-12-23-29-30-25(33(17)23)21-9-6-10-22(28-21)32-15-19-18(26(32)34)14-24(27-20(19)5-2)31-13-7-8-16(31)3/h6,9-10,14,16-17H,4-5,7-8,11-13,15H2,1-3H3/t16-,17+/m1/s1. The summed E-state index contributed by atoms with van der Waals surface area (Å²) in [5, 5.41) is 8.86. The summed E-state index contributed by atoms with van der Waals surface area (Å²) in [6, 6.07) is 8.70. The van der Waals surface area contributed by atoms with Crippen molar-refractivity contribution >= 4 is 17.5 Å². The van der Waals surface area contributed by atoms with Crippen LogP contribution in [-0.2, 0) is 19.4 Å². The number of nitrogens with zero attached hydrogens (tertiary/aromatic N) is 7. The molecule has 8 nitrogen and oxygen atoms in total. The van der Waals surface area contributed by atoms with Gasteiger partial charge < -0.3 is 9.47 Å². The number of fused-ring (bicyclic) bond motifs is 2. The molecule has 0 aromatic carbocycles. The molecule has 34 heavy (non-hydrogen) atoms. The molecule has 0 saturated carbocycles. The van der Waals surface area contributed by atoms with Crippen molar-refractivity contribution in [1.82, 2.24) is 24.7 Å². The second-order valence-electron chi connectivity index (χ2n) is 9.67. The SMILES string of the molecule is CCc1nc(N2CCC[C@H]2C)cc2c1CN(c1cccc(-c3nnc4n3[C@@H](CC)CC4)n1)C2=O. The van der Waals surface area contributed by atoms with E-state index in [1.165, 1.54) is 12.8 Å². The third kappa shape index (κ3) is 3.22. The van der Waals surface area contributed by atoms with Crippen LogP contribution in [0.3, 0.4) is 0 Å². The Bertz CT molecular complexity index is 1270. The van der Waals surface area contributed by atoms with E-state index in [0.29, 0.717) is 24.4 Å². The summed E-state index contributed by atoms with van der Waals surface area (Å²) >= 11 is 0. The van der Waals surface area contributed by atoms with Crippen molar-refractivity contribution in [1.29, 1.82) is 0 Å². The summed E-state index contributed by atoms with van der Waals surface area (Å²) in [5.74, 6) is 3.41. The lowest BCUT2D eigenvalue weighted by Gasteiger charge is -2.23. The predicted octanol–water partition coefficient (Wildman–Crippen LogP) is 4.34. The van der Waals surface area contributed by atoms with Gasteiger partial charge in [-0.15, -0.1) is 10.2 Å². The molecular weight excluding hydrogens is 426 g/mol. The minimum atomic E-state index is 0.00255. The molecular formula is C26H31N7O. The number of hydrogen-bond donors (Lipinski definition) is 0. The van der Waals surface area contributed by atoms with Crippen molar-refractivity contribution in [3.05, 3.63) is 46.9 Å². The summed E-state index contributed by atoms with van der Waals surface area (Å²) in [7, 11) is 0. The van der Waals surface area contributed by atoms with Crippen molar-refractivity contribution in [2.24, 2.45) is 0 Å². The van der Waals surface area contributed by atoms with Gasteiger partial charge in [0, 0.05) is 36.3 Å². The number of pyridine rings is 2. The first-order valence-electron chi connectivity index (χ1n) is 12.6. The number of aromatic nitrogens is 5. The summed E-state index contributed by atoms with van der Waals surface area (Å²) < 4.78 is 2.23. The highest BCUT2D eigenvalue weighted by atomic mass is 16.2. The van der Waals surface area contributed by atoms with E-state index in [1.54, 1.807) is 4.90 Å². The van der Waals surface area contributed by atoms with Gasteiger partial charge in [0.25, 0.3) is 5.91 Å². The molecule has 0 spiro atoms. The van der Waals surface area contributed by atoms with Gasteiger partial charge in [0.1, 0.15) is 23.2 Å². The maximum Gasteiger partial charge on any atom is 0.260 e. The summed E-state index contributed by atoms with van der Waals surface area (Å²) in [5.41, 5.74) is 3.58. The van der Waals surface area contributed by atoms with Crippen molar-refractivity contribution < 1.29 is 4.79 Å². The zero-order chi connectivity index (χ0) is 23.4. The smallest absolute Gasteiger partial charge is 0.260 e. The van der Waals surface area contributed by atoms with Crippen LogP contribution in [0, 0.1) is 0 Å². The van der Waals surface area contributed by atoms with E-state index < -0.39 is 0 Å². The molecule has 2 atom stereocenters. The topological polar surface area (TPSA) is 80.0 Å². The van der Waals surface area contributed by atoms with Gasteiger partial charge in [-0.25, -0.2) is 9.97 Å². The summed E-state index contributed by atoms with van der Waals surface area (Å²) in [6.07, 6.45) is 6.24. The van der Waals surface area contributed by atoms with E-state index in [1.807, 2.05) is 24.3 Å². The Balaban J connectivity index is 1.35. The molecule has 0 radical (unpaired) electrons. The first-order valence-corrected chi connectivity index (χ1v) is 12.6. The second kappa shape index (κ2) is 8.18. The average molecular weight is 458 g/mol. The molecule has 6 heterocycles. The molecule has 0 bridgehead atoms. The highest BCUT2D eigenvalue weighted by Gasteiger charge is 2.34. The Kier molecular flexibility index (Phi) is 5.12. The molecule has 3 aromatic rings. The number of hydrogen-bond acceptors (Lipinski definition) is 6. The minimum absolute atomic E-state index is 0.00255. The van der Waals surface area contributed by atoms with Crippen molar-refractivity contribution in [2.75, 3.05) is 16.3 Å². The van der Waals surface area contributed by atoms with Crippen molar-refractivity contribution in [3.8, 4) is 11.5 Å². The monoisotopic (exact) mass is 457 g/mol. The maximum atomic E-state index is 13.6. The van der Waals surface area contributed by atoms with E-state index in [4.69, 9.17) is 9.97 Å². The van der Waals surface area contributed by atoms with Crippen LogP contribution >= 0.6 is 0 Å². The number of carbonyl (C=O) groups excluding carboxylic acids is 1. The van der Waals surface area contributed by atoms with Gasteiger partial charge >= 0.3 is 0 Å². The fraction of sp³-hybridized carbons (Fsp3) is 0.500. The molecule has 3 aromatic heterocycles. The zero-order valence-corrected chi connectivity index (χ0v) is 20.2. The van der Waals surface area contributed by atoms with Gasteiger partial charge in [-0.3, -0.25) is 9.69 Å². The predicted molar refractivity (Wildman–Crippen MR) is 131 cm³/mol. The fourth-order valence-corrected chi connectivity index (χ4v) is 5.81. The van der Waals surface area contributed by atoms with Crippen LogP contribution in [0.15, 0.2) is 24.3 Å². The van der Waals surface area contributed by atoms with E-state index in [9.17, 15) is 4.79 Å². The molecule has 1 saturated heterocycles. The molecule has 0 N–H and O–H groups in total. The normalized spacial score (nSPS) is 21.4. The van der Waals surface area contributed by atoms with Gasteiger partial charge in [0.15, 0.2) is 5.82 Å². The Morgan fingerprint density at radius 3 is 2.74 bits per heavy atom. The second-order valence-corrected chi connectivity index (χ2v) is 9.67. The molecule has 1 amide bonds. The first kappa shape index (κ1) is 21.3. The van der Waals surface area contributed by atoms with Gasteiger partial charge in [0.2, 0.25) is 0 Å². The van der Waals surface area contributed by atoms with Crippen LogP contribution in [-0.4, -0.2) is 43.2 Å². The van der Waals surface area contributed by atoms with Crippen LogP contribution in [0.4, 0.5) is 11.6 Å².